The molecule has 0 aromatic heterocycles. The van der Waals surface area contributed by atoms with Gasteiger partial charge in [0, 0.05) is 5.56 Å². The molecule has 0 aliphatic rings. The van der Waals surface area contributed by atoms with Gasteiger partial charge in [-0.3, -0.25) is 4.79 Å². The zero-order valence-electron chi connectivity index (χ0n) is 12.5. The van der Waals surface area contributed by atoms with Gasteiger partial charge in [-0.05, 0) is 44.9 Å². The molecule has 0 saturated heterocycles. The molecule has 0 aliphatic carbocycles. The lowest BCUT2D eigenvalue weighted by molar-refractivity contribution is 0.0939. The molecule has 0 bridgehead atoms. The van der Waals surface area contributed by atoms with E-state index in [9.17, 15) is 4.79 Å². The third-order valence-corrected chi connectivity index (χ3v) is 3.56. The molecule has 2 aromatic carbocycles. The minimum Gasteiger partial charge on any atom is -0.346 e. The fraction of sp³-hybridized carbons (Fsp3) is 0.278. The molecule has 0 fully saturated rings. The number of amides is 1. The molecule has 0 heterocycles. The van der Waals surface area contributed by atoms with Gasteiger partial charge < -0.3 is 5.32 Å². The van der Waals surface area contributed by atoms with Gasteiger partial charge in [0.05, 0.1) is 6.04 Å². The molecule has 2 heteroatoms. The third-order valence-electron chi connectivity index (χ3n) is 3.56. The molecular weight excluding hydrogens is 246 g/mol. The maximum Gasteiger partial charge on any atom is 0.252 e. The van der Waals surface area contributed by atoms with Crippen LogP contribution in [0.5, 0.6) is 0 Å². The van der Waals surface area contributed by atoms with E-state index in [2.05, 4.69) is 36.5 Å². The number of hydrogen-bond acceptors (Lipinski definition) is 1. The first-order valence-corrected chi connectivity index (χ1v) is 6.92. The fourth-order valence-electron chi connectivity index (χ4n) is 2.19. The molecule has 2 nitrogen and oxygen atoms in total. The van der Waals surface area contributed by atoms with Crippen LogP contribution in [0, 0.1) is 20.8 Å². The molecule has 0 aliphatic heterocycles. The van der Waals surface area contributed by atoms with Gasteiger partial charge in [0.1, 0.15) is 0 Å². The van der Waals surface area contributed by atoms with Crippen LogP contribution in [0.3, 0.4) is 0 Å². The molecule has 104 valence electrons. The average molecular weight is 267 g/mol. The van der Waals surface area contributed by atoms with Crippen molar-refractivity contribution in [3.63, 3.8) is 0 Å². The first kappa shape index (κ1) is 14.3. The van der Waals surface area contributed by atoms with Crippen molar-refractivity contribution in [2.75, 3.05) is 0 Å². The van der Waals surface area contributed by atoms with E-state index in [0.717, 1.165) is 22.3 Å². The zero-order chi connectivity index (χ0) is 14.7. The highest BCUT2D eigenvalue weighted by Gasteiger charge is 2.13. The van der Waals surface area contributed by atoms with Crippen molar-refractivity contribution in [2.24, 2.45) is 0 Å². The Morgan fingerprint density at radius 2 is 1.55 bits per heavy atom. The van der Waals surface area contributed by atoms with Crippen molar-refractivity contribution in [1.82, 2.24) is 5.32 Å². The summed E-state index contributed by atoms with van der Waals surface area (Å²) >= 11 is 0. The Balaban J connectivity index is 2.15. The summed E-state index contributed by atoms with van der Waals surface area (Å²) in [7, 11) is 0. The van der Waals surface area contributed by atoms with Gasteiger partial charge in [-0.2, -0.15) is 0 Å². The first-order chi connectivity index (χ1) is 9.47. The smallest absolute Gasteiger partial charge is 0.252 e. The fourth-order valence-corrected chi connectivity index (χ4v) is 2.19. The maximum absolute atomic E-state index is 12.4. The largest absolute Gasteiger partial charge is 0.346 e. The van der Waals surface area contributed by atoms with Crippen LogP contribution in [0.15, 0.2) is 42.5 Å². The van der Waals surface area contributed by atoms with Gasteiger partial charge in [-0.1, -0.05) is 47.5 Å². The molecular formula is C18H21NO. The molecule has 0 saturated carbocycles. The number of carbonyl (C=O) groups excluding carboxylic acids is 1. The number of aryl methyl sites for hydroxylation is 3. The lowest BCUT2D eigenvalue weighted by Gasteiger charge is -2.16. The molecule has 0 radical (unpaired) electrons. The summed E-state index contributed by atoms with van der Waals surface area (Å²) in [5.74, 6) is -0.0146. The SMILES string of the molecule is Cc1ccc(C(C)NC(=O)c2cc(C)ccc2C)cc1. The third kappa shape index (κ3) is 3.27. The number of nitrogens with one attached hydrogen (secondary N) is 1. The van der Waals surface area contributed by atoms with Crippen molar-refractivity contribution in [3.8, 4) is 0 Å². The van der Waals surface area contributed by atoms with Crippen molar-refractivity contribution < 1.29 is 4.79 Å². The summed E-state index contributed by atoms with van der Waals surface area (Å²) in [4.78, 5) is 12.4. The van der Waals surface area contributed by atoms with E-state index in [0.29, 0.717) is 0 Å². The van der Waals surface area contributed by atoms with Gasteiger partial charge in [0.25, 0.3) is 5.91 Å². The Hall–Kier alpha value is -2.09. The second-order valence-corrected chi connectivity index (χ2v) is 5.42. The average Bonchev–Trinajstić information content (AvgIpc) is 2.42. The van der Waals surface area contributed by atoms with Gasteiger partial charge in [0.15, 0.2) is 0 Å². The van der Waals surface area contributed by atoms with Crippen molar-refractivity contribution in [1.29, 1.82) is 0 Å². The van der Waals surface area contributed by atoms with Crippen LogP contribution >= 0.6 is 0 Å². The van der Waals surface area contributed by atoms with Crippen LogP contribution in [0.4, 0.5) is 0 Å². The highest BCUT2D eigenvalue weighted by atomic mass is 16.1. The molecule has 2 aromatic rings. The van der Waals surface area contributed by atoms with E-state index in [1.54, 1.807) is 0 Å². The van der Waals surface area contributed by atoms with E-state index in [1.165, 1.54) is 5.56 Å². The van der Waals surface area contributed by atoms with Gasteiger partial charge in [-0.15, -0.1) is 0 Å². The molecule has 0 spiro atoms. The van der Waals surface area contributed by atoms with Crippen LogP contribution < -0.4 is 5.32 Å². The summed E-state index contributed by atoms with van der Waals surface area (Å²) in [6.07, 6.45) is 0. The van der Waals surface area contributed by atoms with E-state index in [4.69, 9.17) is 0 Å². The monoisotopic (exact) mass is 267 g/mol. The van der Waals surface area contributed by atoms with Gasteiger partial charge in [0.2, 0.25) is 0 Å². The van der Waals surface area contributed by atoms with Crippen molar-refractivity contribution in [2.45, 2.75) is 33.7 Å². The number of rotatable bonds is 3. The quantitative estimate of drug-likeness (QED) is 0.891. The second kappa shape index (κ2) is 5.91. The second-order valence-electron chi connectivity index (χ2n) is 5.42. The van der Waals surface area contributed by atoms with Crippen LogP contribution in [-0.4, -0.2) is 5.91 Å². The number of hydrogen-bond donors (Lipinski definition) is 1. The van der Waals surface area contributed by atoms with Gasteiger partial charge >= 0.3 is 0 Å². The highest BCUT2D eigenvalue weighted by Crippen LogP contribution is 2.16. The predicted molar refractivity (Wildman–Crippen MR) is 83.0 cm³/mol. The topological polar surface area (TPSA) is 29.1 Å². The normalized spacial score (nSPS) is 12.0. The van der Waals surface area contributed by atoms with E-state index in [-0.39, 0.29) is 11.9 Å². The Kier molecular flexibility index (Phi) is 4.23. The summed E-state index contributed by atoms with van der Waals surface area (Å²) in [6.45, 7) is 8.03. The summed E-state index contributed by atoms with van der Waals surface area (Å²) < 4.78 is 0. The van der Waals surface area contributed by atoms with E-state index >= 15 is 0 Å². The molecule has 1 N–H and O–H groups in total. The molecule has 20 heavy (non-hydrogen) atoms. The standard InChI is InChI=1S/C18H21NO/c1-12-6-9-16(10-7-12)15(4)19-18(20)17-11-13(2)5-8-14(17)3/h5-11,15H,1-4H3,(H,19,20). The number of carbonyl (C=O) groups is 1. The summed E-state index contributed by atoms with van der Waals surface area (Å²) in [5, 5.41) is 3.06. The Labute approximate surface area is 120 Å². The Bertz CT molecular complexity index is 614. The van der Waals surface area contributed by atoms with Crippen LogP contribution in [0.25, 0.3) is 0 Å². The minimum absolute atomic E-state index is 0.00279. The predicted octanol–water partition coefficient (Wildman–Crippen LogP) is 4.10. The molecule has 2 rings (SSSR count). The Morgan fingerprint density at radius 3 is 2.20 bits per heavy atom. The van der Waals surface area contributed by atoms with Gasteiger partial charge in [-0.25, -0.2) is 0 Å². The van der Waals surface area contributed by atoms with Crippen LogP contribution in [-0.2, 0) is 0 Å². The first-order valence-electron chi connectivity index (χ1n) is 6.92. The molecule has 1 atom stereocenters. The molecule has 1 amide bonds. The highest BCUT2D eigenvalue weighted by molar-refractivity contribution is 5.96. The Morgan fingerprint density at radius 1 is 0.950 bits per heavy atom. The lowest BCUT2D eigenvalue weighted by atomic mass is 10.0. The van der Waals surface area contributed by atoms with E-state index in [1.807, 2.05) is 39.0 Å². The van der Waals surface area contributed by atoms with Crippen molar-refractivity contribution in [3.05, 3.63) is 70.3 Å². The number of benzene rings is 2. The summed E-state index contributed by atoms with van der Waals surface area (Å²) in [6, 6.07) is 14.2. The zero-order valence-corrected chi connectivity index (χ0v) is 12.5. The maximum atomic E-state index is 12.4. The lowest BCUT2D eigenvalue weighted by Crippen LogP contribution is -2.27. The van der Waals surface area contributed by atoms with Crippen LogP contribution in [0.2, 0.25) is 0 Å². The van der Waals surface area contributed by atoms with Crippen molar-refractivity contribution >= 4 is 5.91 Å². The minimum atomic E-state index is -0.0146. The summed E-state index contributed by atoms with van der Waals surface area (Å²) in [5.41, 5.74) is 5.20. The van der Waals surface area contributed by atoms with Crippen LogP contribution in [0.1, 0.15) is 45.6 Å². The van der Waals surface area contributed by atoms with E-state index < -0.39 is 0 Å². The molecule has 1 unspecified atom stereocenters.